The molecule has 1 heterocycles. The average Bonchev–Trinajstić information content (AvgIpc) is 3.17. The Morgan fingerprint density at radius 2 is 1.88 bits per heavy atom. The molecule has 3 saturated carbocycles. The molecule has 0 saturated heterocycles. The van der Waals surface area contributed by atoms with Gasteiger partial charge in [0.2, 0.25) is 0 Å². The second kappa shape index (κ2) is 7.74. The number of carbonyl (C=O) groups excluding carboxylic acids is 2. The van der Waals surface area contributed by atoms with Crippen LogP contribution in [0.3, 0.4) is 0 Å². The highest BCUT2D eigenvalue weighted by Gasteiger charge is 2.59. The molecule has 32 heavy (non-hydrogen) atoms. The predicted octanol–water partition coefficient (Wildman–Crippen LogP) is 5.01. The third-order valence-corrected chi connectivity index (χ3v) is 9.93. The fourth-order valence-corrected chi connectivity index (χ4v) is 8.12. The van der Waals surface area contributed by atoms with E-state index in [4.69, 9.17) is 0 Å². The lowest BCUT2D eigenvalue weighted by Gasteiger charge is -2.60. The molecule has 6 atom stereocenters. The molecule has 0 spiro atoms. The van der Waals surface area contributed by atoms with Crippen molar-refractivity contribution in [3.8, 4) is 0 Å². The largest absolute Gasteiger partial charge is 0.348 e. The summed E-state index contributed by atoms with van der Waals surface area (Å²) in [6, 6.07) is 8.27. The van der Waals surface area contributed by atoms with Crippen LogP contribution < -0.4 is 5.32 Å². The Morgan fingerprint density at radius 3 is 2.66 bits per heavy atom. The topological polar surface area (TPSA) is 49.4 Å². The van der Waals surface area contributed by atoms with Crippen LogP contribution in [0.2, 0.25) is 0 Å². The normalized spacial score (nSPS) is 38.4. The number of hydrogen-bond acceptors (Lipinski definition) is 2. The van der Waals surface area contributed by atoms with Crippen molar-refractivity contribution >= 4 is 11.8 Å². The third kappa shape index (κ3) is 3.24. The zero-order chi connectivity index (χ0) is 22.7. The van der Waals surface area contributed by atoms with Gasteiger partial charge in [-0.2, -0.15) is 0 Å². The number of nitrogens with zero attached hydrogens (tertiary/aromatic N) is 1. The Hall–Kier alpha value is -2.10. The number of likely N-dealkylation sites (N-methyl/N-ethyl adjacent to an activating group) is 1. The highest BCUT2D eigenvalue weighted by Crippen LogP contribution is 2.64. The predicted molar refractivity (Wildman–Crippen MR) is 127 cm³/mol. The Kier molecular flexibility index (Phi) is 5.26. The number of aryl methyl sites for hydroxylation is 1. The maximum Gasteiger partial charge on any atom is 0.259 e. The van der Waals surface area contributed by atoms with E-state index in [1.807, 2.05) is 43.1 Å². The number of hydrogen-bond donors (Lipinski definition) is 1. The summed E-state index contributed by atoms with van der Waals surface area (Å²) in [6.45, 7) is 7.36. The van der Waals surface area contributed by atoms with Gasteiger partial charge in [-0.25, -0.2) is 0 Å². The lowest BCUT2D eigenvalue weighted by atomic mass is 9.48. The molecular weight excluding hydrogens is 396 g/mol. The second-order valence-electron chi connectivity index (χ2n) is 11.5. The van der Waals surface area contributed by atoms with Crippen molar-refractivity contribution in [2.45, 2.75) is 78.3 Å². The number of carbonyl (C=O) groups is 2. The van der Waals surface area contributed by atoms with Gasteiger partial charge in [0.15, 0.2) is 0 Å². The molecular formula is C28H38N2O2. The lowest BCUT2D eigenvalue weighted by molar-refractivity contribution is -0.141. The quantitative estimate of drug-likeness (QED) is 0.680. The van der Waals surface area contributed by atoms with Crippen LogP contribution in [0.25, 0.3) is 0 Å². The molecule has 1 aliphatic heterocycles. The molecule has 2 amide bonds. The number of nitrogens with one attached hydrogen (secondary N) is 1. The van der Waals surface area contributed by atoms with Gasteiger partial charge < -0.3 is 10.2 Å². The van der Waals surface area contributed by atoms with E-state index in [2.05, 4.69) is 25.2 Å². The van der Waals surface area contributed by atoms with Crippen LogP contribution in [-0.2, 0) is 16.1 Å². The Morgan fingerprint density at radius 1 is 1.09 bits per heavy atom. The van der Waals surface area contributed by atoms with Gasteiger partial charge in [0, 0.05) is 25.0 Å². The van der Waals surface area contributed by atoms with Gasteiger partial charge in [-0.3, -0.25) is 9.59 Å². The molecule has 3 fully saturated rings. The minimum atomic E-state index is -0.228. The first-order valence-corrected chi connectivity index (χ1v) is 12.6. The Balaban J connectivity index is 1.43. The molecule has 1 unspecified atom stereocenters. The first kappa shape index (κ1) is 21.7. The van der Waals surface area contributed by atoms with Gasteiger partial charge >= 0.3 is 0 Å². The van der Waals surface area contributed by atoms with E-state index in [0.29, 0.717) is 23.5 Å². The summed E-state index contributed by atoms with van der Waals surface area (Å²) in [5, 5.41) is 3.03. The fraction of sp³-hybridized carbons (Fsp3) is 0.643. The van der Waals surface area contributed by atoms with Gasteiger partial charge in [0.1, 0.15) is 5.57 Å². The molecule has 1 aromatic rings. The van der Waals surface area contributed by atoms with Crippen molar-refractivity contribution in [2.24, 2.45) is 28.6 Å². The van der Waals surface area contributed by atoms with Crippen LogP contribution in [0.4, 0.5) is 0 Å². The lowest BCUT2D eigenvalue weighted by Crippen LogP contribution is -2.61. The van der Waals surface area contributed by atoms with Gasteiger partial charge in [-0.05, 0) is 79.7 Å². The Labute approximate surface area is 192 Å². The van der Waals surface area contributed by atoms with Gasteiger partial charge in [0.25, 0.3) is 11.8 Å². The SMILES string of the molecule is Cc1ccccc1CNC(=O)C1=C[C@@]2(C)C(CC[C@@H]3[C@H]2CC[C@]2(C)CCC[C@@H]32)N(C)C1=O. The molecule has 0 radical (unpaired) electrons. The van der Waals surface area contributed by atoms with Crippen molar-refractivity contribution in [2.75, 3.05) is 7.05 Å². The summed E-state index contributed by atoms with van der Waals surface area (Å²) in [7, 11) is 1.91. The van der Waals surface area contributed by atoms with E-state index in [1.54, 1.807) is 0 Å². The van der Waals surface area contributed by atoms with Crippen LogP contribution in [0.5, 0.6) is 0 Å². The summed E-state index contributed by atoms with van der Waals surface area (Å²) in [5.74, 6) is 1.76. The molecule has 5 rings (SSSR count). The van der Waals surface area contributed by atoms with E-state index in [1.165, 1.54) is 38.5 Å². The number of amides is 2. The van der Waals surface area contributed by atoms with Crippen LogP contribution in [0.15, 0.2) is 35.9 Å². The molecule has 3 aliphatic carbocycles. The first-order chi connectivity index (χ1) is 15.2. The zero-order valence-corrected chi connectivity index (χ0v) is 20.1. The molecule has 1 aromatic carbocycles. The van der Waals surface area contributed by atoms with Gasteiger partial charge in [0.05, 0.1) is 0 Å². The van der Waals surface area contributed by atoms with Crippen LogP contribution in [-0.4, -0.2) is 29.8 Å². The maximum absolute atomic E-state index is 13.2. The monoisotopic (exact) mass is 434 g/mol. The van der Waals surface area contributed by atoms with E-state index in [9.17, 15) is 9.59 Å². The van der Waals surface area contributed by atoms with Gasteiger partial charge in [-0.1, -0.05) is 50.6 Å². The summed E-state index contributed by atoms with van der Waals surface area (Å²) in [5.41, 5.74) is 2.98. The first-order valence-electron chi connectivity index (χ1n) is 12.6. The Bertz CT molecular complexity index is 968. The second-order valence-corrected chi connectivity index (χ2v) is 11.5. The summed E-state index contributed by atoms with van der Waals surface area (Å²) in [6.07, 6.45) is 11.0. The standard InChI is InChI=1S/C28H38N2O2/c1-18-8-5-6-9-19(18)17-29-25(31)21-16-28(3)23-13-15-27(2)14-7-10-22(27)20(23)11-12-24(28)30(4)26(21)32/h5-6,8-9,16,20,22-24H,7,10-15,17H2,1-4H3,(H,29,31)/t20-,22-,23+,24?,27-,28+/m0/s1. The van der Waals surface area contributed by atoms with E-state index >= 15 is 0 Å². The van der Waals surface area contributed by atoms with E-state index in [-0.39, 0.29) is 23.3 Å². The minimum absolute atomic E-state index is 0.116. The zero-order valence-electron chi connectivity index (χ0n) is 20.1. The minimum Gasteiger partial charge on any atom is -0.348 e. The van der Waals surface area contributed by atoms with E-state index in [0.717, 1.165) is 29.4 Å². The maximum atomic E-state index is 13.2. The van der Waals surface area contributed by atoms with Crippen molar-refractivity contribution in [1.82, 2.24) is 10.2 Å². The molecule has 0 bridgehead atoms. The summed E-state index contributed by atoms with van der Waals surface area (Å²) < 4.78 is 0. The average molecular weight is 435 g/mol. The number of rotatable bonds is 3. The van der Waals surface area contributed by atoms with Crippen molar-refractivity contribution in [3.05, 3.63) is 47.0 Å². The molecule has 4 heteroatoms. The summed E-state index contributed by atoms with van der Waals surface area (Å²) >= 11 is 0. The van der Waals surface area contributed by atoms with Gasteiger partial charge in [-0.15, -0.1) is 0 Å². The molecule has 1 N–H and O–H groups in total. The molecule has 0 aromatic heterocycles. The van der Waals surface area contributed by atoms with Crippen LogP contribution in [0.1, 0.15) is 69.9 Å². The highest BCUT2D eigenvalue weighted by atomic mass is 16.2. The molecule has 4 aliphatic rings. The number of fused-ring (bicyclic) bond motifs is 5. The number of benzene rings is 1. The third-order valence-electron chi connectivity index (χ3n) is 9.93. The van der Waals surface area contributed by atoms with Crippen LogP contribution in [0, 0.1) is 35.5 Å². The van der Waals surface area contributed by atoms with Crippen LogP contribution >= 0.6 is 0 Å². The highest BCUT2D eigenvalue weighted by molar-refractivity contribution is 6.19. The smallest absolute Gasteiger partial charge is 0.259 e. The van der Waals surface area contributed by atoms with Crippen molar-refractivity contribution in [3.63, 3.8) is 0 Å². The van der Waals surface area contributed by atoms with E-state index < -0.39 is 0 Å². The molecule has 172 valence electrons. The van der Waals surface area contributed by atoms with Crippen molar-refractivity contribution < 1.29 is 9.59 Å². The summed E-state index contributed by atoms with van der Waals surface area (Å²) in [4.78, 5) is 28.3. The van der Waals surface area contributed by atoms with Crippen molar-refractivity contribution in [1.29, 1.82) is 0 Å². The fourth-order valence-electron chi connectivity index (χ4n) is 8.12. The molecule has 4 nitrogen and oxygen atoms in total.